The number of carbonyl (C=O) groups is 1. The maximum Gasteiger partial charge on any atom is 0.253 e. The third-order valence-corrected chi connectivity index (χ3v) is 9.34. The zero-order valence-electron chi connectivity index (χ0n) is 19.4. The summed E-state index contributed by atoms with van der Waals surface area (Å²) in [5, 5.41) is 0. The molecule has 8 heteroatoms. The zero-order chi connectivity index (χ0) is 22.6. The van der Waals surface area contributed by atoms with Crippen LogP contribution in [-0.4, -0.2) is 98.8 Å². The van der Waals surface area contributed by atoms with Gasteiger partial charge in [0.15, 0.2) is 0 Å². The lowest BCUT2D eigenvalue weighted by Gasteiger charge is -2.35. The van der Waals surface area contributed by atoms with Gasteiger partial charge in [0, 0.05) is 57.9 Å². The highest BCUT2D eigenvalue weighted by atomic mass is 32.2. The third kappa shape index (κ3) is 5.53. The Balaban J connectivity index is 1.35. The van der Waals surface area contributed by atoms with Crippen molar-refractivity contribution < 1.29 is 13.2 Å². The first-order valence-corrected chi connectivity index (χ1v) is 13.7. The van der Waals surface area contributed by atoms with Crippen LogP contribution >= 0.6 is 0 Å². The molecule has 7 nitrogen and oxygen atoms in total. The molecule has 1 aromatic rings. The molecule has 0 spiro atoms. The first-order valence-electron chi connectivity index (χ1n) is 12.3. The fraction of sp³-hybridized carbons (Fsp3) is 0.708. The molecule has 1 aromatic carbocycles. The Kier molecular flexibility index (Phi) is 7.87. The van der Waals surface area contributed by atoms with E-state index in [1.807, 2.05) is 4.90 Å². The molecule has 3 fully saturated rings. The molecule has 1 saturated carbocycles. The van der Waals surface area contributed by atoms with Gasteiger partial charge in [-0.1, -0.05) is 25.3 Å². The second-order valence-electron chi connectivity index (χ2n) is 9.52. The van der Waals surface area contributed by atoms with Gasteiger partial charge in [-0.2, -0.15) is 4.31 Å². The molecule has 2 aliphatic heterocycles. The number of sulfonamides is 1. The lowest BCUT2D eigenvalue weighted by atomic mass is 9.96. The highest BCUT2D eigenvalue weighted by molar-refractivity contribution is 7.89. The average molecular weight is 463 g/mol. The largest absolute Gasteiger partial charge is 0.336 e. The van der Waals surface area contributed by atoms with Crippen molar-refractivity contribution in [2.75, 3.05) is 59.4 Å². The molecule has 2 heterocycles. The first-order chi connectivity index (χ1) is 15.4. The van der Waals surface area contributed by atoms with Crippen LogP contribution in [0, 0.1) is 0 Å². The fourth-order valence-corrected chi connectivity index (χ4v) is 6.71. The summed E-state index contributed by atoms with van der Waals surface area (Å²) in [6.07, 6.45) is 7.79. The monoisotopic (exact) mass is 462 g/mol. The molecule has 0 bridgehead atoms. The van der Waals surface area contributed by atoms with Crippen molar-refractivity contribution in [2.45, 2.75) is 55.9 Å². The minimum Gasteiger partial charge on any atom is -0.336 e. The van der Waals surface area contributed by atoms with Crippen LogP contribution in [0.5, 0.6) is 0 Å². The summed E-state index contributed by atoms with van der Waals surface area (Å²) < 4.78 is 27.9. The molecular weight excluding hydrogens is 424 g/mol. The Morgan fingerprint density at radius 1 is 0.906 bits per heavy atom. The highest BCUT2D eigenvalue weighted by Gasteiger charge is 2.30. The van der Waals surface area contributed by atoms with Gasteiger partial charge in [-0.05, 0) is 57.0 Å². The number of hydrogen-bond donors (Lipinski definition) is 0. The number of rotatable bonds is 7. The van der Waals surface area contributed by atoms with E-state index in [1.165, 1.54) is 36.7 Å². The van der Waals surface area contributed by atoms with Crippen molar-refractivity contribution in [3.63, 3.8) is 0 Å². The summed E-state index contributed by atoms with van der Waals surface area (Å²) in [5.41, 5.74) is 0.466. The normalized spacial score (nSPS) is 22.0. The van der Waals surface area contributed by atoms with Crippen molar-refractivity contribution in [3.8, 4) is 0 Å². The quantitative estimate of drug-likeness (QED) is 0.623. The molecule has 1 aliphatic carbocycles. The molecular formula is C24H38N4O3S. The number of piperazine rings is 1. The maximum atomic E-state index is 13.2. The molecule has 2 saturated heterocycles. The molecule has 0 atom stereocenters. The van der Waals surface area contributed by atoms with E-state index in [0.717, 1.165) is 51.9 Å². The Bertz CT molecular complexity index is 871. The summed E-state index contributed by atoms with van der Waals surface area (Å²) in [5.74, 6) is -0.0680. The van der Waals surface area contributed by atoms with E-state index in [4.69, 9.17) is 0 Å². The molecule has 0 radical (unpaired) electrons. The Labute approximate surface area is 193 Å². The standard InChI is InChI=1S/C24H38N4O3S/c1-25(22-9-3-2-4-10-22)32(30,31)23-11-7-8-21(20-23)24(29)28-18-16-27(17-19-28)15-14-26-12-5-6-13-26/h7-8,11,20,22H,2-6,9-10,12-19H2,1H3. The maximum absolute atomic E-state index is 13.2. The van der Waals surface area contributed by atoms with E-state index in [0.29, 0.717) is 18.7 Å². The van der Waals surface area contributed by atoms with Crippen molar-refractivity contribution >= 4 is 15.9 Å². The van der Waals surface area contributed by atoms with E-state index in [1.54, 1.807) is 31.3 Å². The summed E-state index contributed by atoms with van der Waals surface area (Å²) >= 11 is 0. The second kappa shape index (κ2) is 10.6. The first kappa shape index (κ1) is 23.7. The fourth-order valence-electron chi connectivity index (χ4n) is 5.24. The molecule has 0 aromatic heterocycles. The summed E-state index contributed by atoms with van der Waals surface area (Å²) in [6.45, 7) is 7.74. The molecule has 4 rings (SSSR count). The van der Waals surface area contributed by atoms with Gasteiger partial charge in [0.1, 0.15) is 0 Å². The van der Waals surface area contributed by atoms with Gasteiger partial charge in [-0.25, -0.2) is 8.42 Å². The van der Waals surface area contributed by atoms with Crippen LogP contribution in [0.4, 0.5) is 0 Å². The molecule has 0 N–H and O–H groups in total. The predicted molar refractivity (Wildman–Crippen MR) is 126 cm³/mol. The molecule has 178 valence electrons. The number of carbonyl (C=O) groups excluding carboxylic acids is 1. The topological polar surface area (TPSA) is 64.2 Å². The molecule has 1 amide bonds. The summed E-state index contributed by atoms with van der Waals surface area (Å²) in [6, 6.07) is 6.67. The van der Waals surface area contributed by atoms with Crippen LogP contribution in [0.1, 0.15) is 55.3 Å². The molecule has 32 heavy (non-hydrogen) atoms. The lowest BCUT2D eigenvalue weighted by molar-refractivity contribution is 0.0626. The van der Waals surface area contributed by atoms with Gasteiger partial charge in [0.05, 0.1) is 4.90 Å². The van der Waals surface area contributed by atoms with E-state index >= 15 is 0 Å². The van der Waals surface area contributed by atoms with Crippen LogP contribution in [0.2, 0.25) is 0 Å². The van der Waals surface area contributed by atoms with Crippen molar-refractivity contribution in [1.82, 2.24) is 19.0 Å². The van der Waals surface area contributed by atoms with E-state index in [9.17, 15) is 13.2 Å². The van der Waals surface area contributed by atoms with Crippen molar-refractivity contribution in [1.29, 1.82) is 0 Å². The highest BCUT2D eigenvalue weighted by Crippen LogP contribution is 2.27. The zero-order valence-corrected chi connectivity index (χ0v) is 20.2. The third-order valence-electron chi connectivity index (χ3n) is 7.44. The van der Waals surface area contributed by atoms with Crippen LogP contribution in [-0.2, 0) is 10.0 Å². The number of likely N-dealkylation sites (tertiary alicyclic amines) is 1. The number of benzene rings is 1. The van der Waals surface area contributed by atoms with Gasteiger partial charge in [-0.3, -0.25) is 9.69 Å². The molecule has 0 unspecified atom stereocenters. The van der Waals surface area contributed by atoms with E-state index < -0.39 is 10.0 Å². The summed E-state index contributed by atoms with van der Waals surface area (Å²) in [4.78, 5) is 20.2. The SMILES string of the molecule is CN(C1CCCCC1)S(=O)(=O)c1cccc(C(=O)N2CCN(CCN3CCCC3)CC2)c1. The number of hydrogen-bond acceptors (Lipinski definition) is 5. The van der Waals surface area contributed by atoms with Crippen LogP contribution in [0.15, 0.2) is 29.2 Å². The Morgan fingerprint density at radius 2 is 1.53 bits per heavy atom. The average Bonchev–Trinajstić information content (AvgIpc) is 3.36. The number of nitrogens with zero attached hydrogens (tertiary/aromatic N) is 4. The lowest BCUT2D eigenvalue weighted by Crippen LogP contribution is -2.50. The molecule has 3 aliphatic rings. The number of amides is 1. The van der Waals surface area contributed by atoms with Gasteiger partial charge < -0.3 is 9.80 Å². The van der Waals surface area contributed by atoms with Gasteiger partial charge >= 0.3 is 0 Å². The van der Waals surface area contributed by atoms with Gasteiger partial charge in [0.25, 0.3) is 5.91 Å². The second-order valence-corrected chi connectivity index (χ2v) is 11.5. The van der Waals surface area contributed by atoms with Gasteiger partial charge in [-0.15, -0.1) is 0 Å². The van der Waals surface area contributed by atoms with Crippen LogP contribution in [0.25, 0.3) is 0 Å². The predicted octanol–water partition coefficient (Wildman–Crippen LogP) is 2.49. The minimum absolute atomic E-state index is 0.0572. The minimum atomic E-state index is -3.60. The smallest absolute Gasteiger partial charge is 0.253 e. The Hall–Kier alpha value is -1.48. The van der Waals surface area contributed by atoms with Crippen molar-refractivity contribution in [3.05, 3.63) is 29.8 Å². The van der Waals surface area contributed by atoms with Crippen molar-refractivity contribution in [2.24, 2.45) is 0 Å². The van der Waals surface area contributed by atoms with E-state index in [-0.39, 0.29) is 16.8 Å². The summed E-state index contributed by atoms with van der Waals surface area (Å²) in [7, 11) is -1.92. The van der Waals surface area contributed by atoms with Crippen LogP contribution < -0.4 is 0 Å². The van der Waals surface area contributed by atoms with E-state index in [2.05, 4.69) is 9.80 Å². The Morgan fingerprint density at radius 3 is 2.19 bits per heavy atom. The van der Waals surface area contributed by atoms with Crippen LogP contribution in [0.3, 0.4) is 0 Å². The van der Waals surface area contributed by atoms with Gasteiger partial charge in [0.2, 0.25) is 10.0 Å².